The first-order valence-corrected chi connectivity index (χ1v) is 6.95. The second kappa shape index (κ2) is 6.66. The van der Waals surface area contributed by atoms with E-state index in [4.69, 9.17) is 22.1 Å². The minimum absolute atomic E-state index is 0.468. The van der Waals surface area contributed by atoms with Crippen molar-refractivity contribution in [3.05, 3.63) is 28.8 Å². The van der Waals surface area contributed by atoms with Crippen LogP contribution in [0.5, 0.6) is 5.75 Å². The zero-order valence-electron chi connectivity index (χ0n) is 11.2. The van der Waals surface area contributed by atoms with Gasteiger partial charge in [0.15, 0.2) is 5.96 Å². The third-order valence-corrected chi connectivity index (χ3v) is 3.60. The number of halogens is 1. The predicted octanol–water partition coefficient (Wildman–Crippen LogP) is 2.70. The maximum Gasteiger partial charge on any atom is 0.189 e. The fourth-order valence-corrected chi connectivity index (χ4v) is 2.56. The van der Waals surface area contributed by atoms with Crippen molar-refractivity contribution in [3.63, 3.8) is 0 Å². The zero-order valence-corrected chi connectivity index (χ0v) is 11.9. The van der Waals surface area contributed by atoms with Crippen molar-refractivity contribution in [1.29, 1.82) is 0 Å². The molecule has 1 aromatic rings. The molecule has 1 fully saturated rings. The Balaban J connectivity index is 1.98. The number of ether oxygens (including phenoxy) is 1. The summed E-state index contributed by atoms with van der Waals surface area (Å²) in [5, 5.41) is 3.93. The second-order valence-corrected chi connectivity index (χ2v) is 5.22. The average molecular weight is 282 g/mol. The van der Waals surface area contributed by atoms with Crippen LogP contribution in [0.1, 0.15) is 31.2 Å². The molecule has 0 aliphatic heterocycles. The molecular weight excluding hydrogens is 262 g/mol. The molecule has 0 saturated heterocycles. The van der Waals surface area contributed by atoms with Crippen LogP contribution in [0, 0.1) is 0 Å². The van der Waals surface area contributed by atoms with Crippen LogP contribution in [0.4, 0.5) is 0 Å². The molecule has 0 heterocycles. The van der Waals surface area contributed by atoms with Crippen molar-refractivity contribution in [2.75, 3.05) is 7.11 Å². The van der Waals surface area contributed by atoms with Crippen LogP contribution in [-0.2, 0) is 6.54 Å². The lowest BCUT2D eigenvalue weighted by molar-refractivity contribution is 0.410. The Morgan fingerprint density at radius 2 is 2.21 bits per heavy atom. The van der Waals surface area contributed by atoms with Crippen LogP contribution in [0.25, 0.3) is 0 Å². The molecule has 0 bridgehead atoms. The van der Waals surface area contributed by atoms with E-state index in [2.05, 4.69) is 10.3 Å². The Morgan fingerprint density at radius 3 is 2.89 bits per heavy atom. The van der Waals surface area contributed by atoms with E-state index < -0.39 is 0 Å². The van der Waals surface area contributed by atoms with Crippen molar-refractivity contribution in [1.82, 2.24) is 5.32 Å². The van der Waals surface area contributed by atoms with Gasteiger partial charge in [0.25, 0.3) is 0 Å². The molecule has 1 saturated carbocycles. The van der Waals surface area contributed by atoms with Gasteiger partial charge in [0, 0.05) is 16.6 Å². The van der Waals surface area contributed by atoms with Gasteiger partial charge >= 0.3 is 0 Å². The van der Waals surface area contributed by atoms with Gasteiger partial charge < -0.3 is 15.8 Å². The van der Waals surface area contributed by atoms with Gasteiger partial charge in [0.05, 0.1) is 13.7 Å². The molecule has 0 radical (unpaired) electrons. The van der Waals surface area contributed by atoms with Crippen LogP contribution in [0.2, 0.25) is 5.02 Å². The SMILES string of the molecule is COc1ccc(Cl)cc1CN=C(N)NC1CCCC1. The van der Waals surface area contributed by atoms with Crippen molar-refractivity contribution in [2.24, 2.45) is 10.7 Å². The van der Waals surface area contributed by atoms with Crippen molar-refractivity contribution in [3.8, 4) is 5.75 Å². The summed E-state index contributed by atoms with van der Waals surface area (Å²) in [7, 11) is 1.64. The minimum Gasteiger partial charge on any atom is -0.496 e. The summed E-state index contributed by atoms with van der Waals surface area (Å²) in [6.45, 7) is 0.468. The number of hydrogen-bond donors (Lipinski definition) is 2. The molecule has 104 valence electrons. The van der Waals surface area contributed by atoms with Crippen LogP contribution in [0.3, 0.4) is 0 Å². The molecule has 3 N–H and O–H groups in total. The first-order chi connectivity index (χ1) is 9.19. The fourth-order valence-electron chi connectivity index (χ4n) is 2.37. The number of methoxy groups -OCH3 is 1. The number of nitrogens with two attached hydrogens (primary N) is 1. The van der Waals surface area contributed by atoms with E-state index in [1.807, 2.05) is 12.1 Å². The second-order valence-electron chi connectivity index (χ2n) is 4.78. The largest absolute Gasteiger partial charge is 0.496 e. The molecule has 0 unspecified atom stereocenters. The molecule has 2 rings (SSSR count). The predicted molar refractivity (Wildman–Crippen MR) is 78.7 cm³/mol. The summed E-state index contributed by atoms with van der Waals surface area (Å²) in [6, 6.07) is 5.97. The summed E-state index contributed by atoms with van der Waals surface area (Å²) in [6.07, 6.45) is 4.90. The number of rotatable bonds is 4. The van der Waals surface area contributed by atoms with Crippen LogP contribution in [0.15, 0.2) is 23.2 Å². The standard InChI is InChI=1S/C14H20ClN3O/c1-19-13-7-6-11(15)8-10(13)9-17-14(16)18-12-4-2-3-5-12/h6-8,12H,2-5,9H2,1H3,(H3,16,17,18). The molecule has 19 heavy (non-hydrogen) atoms. The van der Waals surface area contributed by atoms with Gasteiger partial charge in [-0.2, -0.15) is 0 Å². The van der Waals surface area contributed by atoms with Crippen LogP contribution < -0.4 is 15.8 Å². The highest BCUT2D eigenvalue weighted by atomic mass is 35.5. The molecule has 0 spiro atoms. The van der Waals surface area contributed by atoms with Gasteiger partial charge in [-0.05, 0) is 31.0 Å². The van der Waals surface area contributed by atoms with E-state index in [0.29, 0.717) is 23.6 Å². The Labute approximate surface area is 119 Å². The maximum atomic E-state index is 5.98. The molecule has 1 aliphatic rings. The van der Waals surface area contributed by atoms with Crippen LogP contribution in [-0.4, -0.2) is 19.1 Å². The highest BCUT2D eigenvalue weighted by molar-refractivity contribution is 6.30. The first-order valence-electron chi connectivity index (χ1n) is 6.58. The maximum absolute atomic E-state index is 5.98. The van der Waals surface area contributed by atoms with E-state index in [0.717, 1.165) is 11.3 Å². The number of aliphatic imine (C=N–C) groups is 1. The van der Waals surface area contributed by atoms with Crippen molar-refractivity contribution < 1.29 is 4.74 Å². The van der Waals surface area contributed by atoms with E-state index in [1.165, 1.54) is 25.7 Å². The Morgan fingerprint density at radius 1 is 1.47 bits per heavy atom. The smallest absolute Gasteiger partial charge is 0.189 e. The van der Waals surface area contributed by atoms with E-state index in [9.17, 15) is 0 Å². The van der Waals surface area contributed by atoms with E-state index in [-0.39, 0.29) is 0 Å². The monoisotopic (exact) mass is 281 g/mol. The Hall–Kier alpha value is -1.42. The molecule has 0 atom stereocenters. The summed E-state index contributed by atoms with van der Waals surface area (Å²) >= 11 is 5.98. The lowest BCUT2D eigenvalue weighted by atomic mass is 10.2. The summed E-state index contributed by atoms with van der Waals surface area (Å²) in [4.78, 5) is 4.35. The molecule has 4 nitrogen and oxygen atoms in total. The lowest BCUT2D eigenvalue weighted by Crippen LogP contribution is -2.38. The van der Waals surface area contributed by atoms with E-state index in [1.54, 1.807) is 13.2 Å². The number of nitrogens with one attached hydrogen (secondary N) is 1. The topological polar surface area (TPSA) is 59.6 Å². The van der Waals surface area contributed by atoms with Gasteiger partial charge in [-0.25, -0.2) is 4.99 Å². The molecule has 1 aromatic carbocycles. The highest BCUT2D eigenvalue weighted by Gasteiger charge is 2.14. The van der Waals surface area contributed by atoms with Gasteiger partial charge in [0.2, 0.25) is 0 Å². The molecule has 0 amide bonds. The molecular formula is C14H20ClN3O. The van der Waals surface area contributed by atoms with Gasteiger partial charge in [0.1, 0.15) is 5.75 Å². The minimum atomic E-state index is 0.468. The first kappa shape index (κ1) is 14.0. The molecule has 5 heteroatoms. The number of nitrogens with zero attached hydrogens (tertiary/aromatic N) is 1. The number of benzene rings is 1. The zero-order chi connectivity index (χ0) is 13.7. The number of hydrogen-bond acceptors (Lipinski definition) is 2. The van der Waals surface area contributed by atoms with E-state index >= 15 is 0 Å². The normalized spacial score (nSPS) is 16.6. The highest BCUT2D eigenvalue weighted by Crippen LogP contribution is 2.23. The van der Waals surface area contributed by atoms with Gasteiger partial charge in [-0.3, -0.25) is 0 Å². The van der Waals surface area contributed by atoms with Gasteiger partial charge in [-0.15, -0.1) is 0 Å². The Bertz CT molecular complexity index is 456. The summed E-state index contributed by atoms with van der Waals surface area (Å²) in [5.74, 6) is 1.27. The van der Waals surface area contributed by atoms with Crippen LogP contribution >= 0.6 is 11.6 Å². The van der Waals surface area contributed by atoms with Crippen molar-refractivity contribution >= 4 is 17.6 Å². The Kier molecular flexibility index (Phi) is 4.91. The van der Waals surface area contributed by atoms with Gasteiger partial charge in [-0.1, -0.05) is 24.4 Å². The third kappa shape index (κ3) is 4.03. The fraction of sp³-hybridized carbons (Fsp3) is 0.500. The molecule has 1 aliphatic carbocycles. The number of guanidine groups is 1. The summed E-state index contributed by atoms with van der Waals surface area (Å²) in [5.41, 5.74) is 6.83. The quantitative estimate of drug-likeness (QED) is 0.659. The summed E-state index contributed by atoms with van der Waals surface area (Å²) < 4.78 is 5.28. The average Bonchev–Trinajstić information content (AvgIpc) is 2.89. The van der Waals surface area contributed by atoms with Crippen molar-refractivity contribution in [2.45, 2.75) is 38.3 Å². The third-order valence-electron chi connectivity index (χ3n) is 3.37. The lowest BCUT2D eigenvalue weighted by Gasteiger charge is -2.12. The molecule has 0 aromatic heterocycles.